The van der Waals surface area contributed by atoms with E-state index >= 15 is 0 Å². The largest absolute Gasteiger partial charge is 0.444 e. The number of nitrogen functional groups attached to an aromatic ring is 1. The van der Waals surface area contributed by atoms with Crippen molar-refractivity contribution in [3.8, 4) is 22.3 Å². The lowest BCUT2D eigenvalue weighted by Crippen LogP contribution is -2.36. The summed E-state index contributed by atoms with van der Waals surface area (Å²) in [5, 5.41) is 0.521. The third-order valence-corrected chi connectivity index (χ3v) is 7.60. The molecule has 2 aliphatic heterocycles. The Bertz CT molecular complexity index is 1320. The number of rotatable bonds is 4. The van der Waals surface area contributed by atoms with Gasteiger partial charge in [0.1, 0.15) is 11.4 Å². The minimum atomic E-state index is -0.546. The number of nitrogens with two attached hydrogens (primary N) is 1. The third kappa shape index (κ3) is 5.64. The van der Waals surface area contributed by atoms with Crippen LogP contribution in [0.15, 0.2) is 48.9 Å². The minimum Gasteiger partial charge on any atom is -0.444 e. The zero-order valence-corrected chi connectivity index (χ0v) is 23.0. The lowest BCUT2D eigenvalue weighted by molar-refractivity contribution is 0.0222. The molecule has 38 heavy (non-hydrogen) atoms. The SMILES string of the molecule is CC(C)(C)OC(=O)N1CCC[C@H]1c1cc(-c2cnc(N)c(-c3ccncc3Cl)c2)ccc1C1CCOCC1. The molecule has 5 rings (SSSR count). The van der Waals surface area contributed by atoms with E-state index in [1.807, 2.05) is 37.8 Å². The molecule has 0 unspecified atom stereocenters. The standard InChI is InChI=1S/C30H35ClN4O3/c1-30(2,3)38-29(36)35-12-4-5-27(35)24-15-20(6-7-22(24)19-9-13-37-14-10-19)21-16-25(28(32)34-17-21)23-8-11-33-18-26(23)31/h6-8,11,15-19,27H,4-5,9-10,12-14H2,1-3H3,(H2,32,34)/t27-/m0/s1. The van der Waals surface area contributed by atoms with Gasteiger partial charge in [0, 0.05) is 55.0 Å². The number of pyridine rings is 2. The number of hydrogen-bond donors (Lipinski definition) is 1. The predicted molar refractivity (Wildman–Crippen MR) is 150 cm³/mol. The first-order chi connectivity index (χ1) is 18.2. The summed E-state index contributed by atoms with van der Waals surface area (Å²) in [5.74, 6) is 0.803. The van der Waals surface area contributed by atoms with E-state index < -0.39 is 5.60 Å². The minimum absolute atomic E-state index is 0.0431. The summed E-state index contributed by atoms with van der Waals surface area (Å²) >= 11 is 6.43. The van der Waals surface area contributed by atoms with Crippen LogP contribution in [0.4, 0.5) is 10.6 Å². The Hall–Kier alpha value is -3.16. The number of hydrogen-bond acceptors (Lipinski definition) is 6. The van der Waals surface area contributed by atoms with E-state index in [1.54, 1.807) is 18.6 Å². The van der Waals surface area contributed by atoms with E-state index in [4.69, 9.17) is 26.8 Å². The van der Waals surface area contributed by atoms with Crippen molar-refractivity contribution in [1.82, 2.24) is 14.9 Å². The fourth-order valence-corrected chi connectivity index (χ4v) is 5.72. The van der Waals surface area contributed by atoms with E-state index in [0.717, 1.165) is 61.2 Å². The molecular formula is C30H35ClN4O3. The molecule has 1 amide bonds. The van der Waals surface area contributed by atoms with Crippen molar-refractivity contribution in [2.75, 3.05) is 25.5 Å². The van der Waals surface area contributed by atoms with Gasteiger partial charge in [-0.2, -0.15) is 0 Å². The van der Waals surface area contributed by atoms with Gasteiger partial charge in [-0.25, -0.2) is 9.78 Å². The number of nitrogens with zero attached hydrogens (tertiary/aromatic N) is 3. The molecule has 2 saturated heterocycles. The van der Waals surface area contributed by atoms with Gasteiger partial charge < -0.3 is 20.1 Å². The van der Waals surface area contributed by atoms with Crippen LogP contribution in [0.2, 0.25) is 5.02 Å². The zero-order valence-electron chi connectivity index (χ0n) is 22.2. The molecule has 1 aromatic carbocycles. The Morgan fingerprint density at radius 2 is 1.84 bits per heavy atom. The molecule has 0 aliphatic carbocycles. The molecule has 0 saturated carbocycles. The molecule has 8 heteroatoms. The normalized spacial score (nSPS) is 18.5. The van der Waals surface area contributed by atoms with Crippen LogP contribution in [-0.4, -0.2) is 46.3 Å². The Morgan fingerprint density at radius 1 is 1.05 bits per heavy atom. The average molecular weight is 535 g/mol. The van der Waals surface area contributed by atoms with Crippen LogP contribution in [0.1, 0.15) is 69.5 Å². The topological polar surface area (TPSA) is 90.6 Å². The summed E-state index contributed by atoms with van der Waals surface area (Å²) in [6.45, 7) is 7.92. The maximum absolute atomic E-state index is 13.2. The lowest BCUT2D eigenvalue weighted by atomic mass is 9.83. The molecule has 1 atom stereocenters. The van der Waals surface area contributed by atoms with Crippen LogP contribution in [0.25, 0.3) is 22.3 Å². The van der Waals surface area contributed by atoms with Crippen molar-refractivity contribution in [1.29, 1.82) is 0 Å². The number of carbonyl (C=O) groups is 1. The Kier molecular flexibility index (Phi) is 7.59. The molecule has 200 valence electrons. The van der Waals surface area contributed by atoms with Crippen LogP contribution in [-0.2, 0) is 9.47 Å². The quantitative estimate of drug-likeness (QED) is 0.387. The van der Waals surface area contributed by atoms with Crippen LogP contribution in [0, 0.1) is 0 Å². The average Bonchev–Trinajstić information content (AvgIpc) is 3.39. The molecule has 3 aromatic rings. The van der Waals surface area contributed by atoms with Gasteiger partial charge in [0.15, 0.2) is 0 Å². The van der Waals surface area contributed by atoms with Crippen molar-refractivity contribution in [3.05, 3.63) is 65.1 Å². The van der Waals surface area contributed by atoms with Crippen LogP contribution < -0.4 is 5.73 Å². The maximum atomic E-state index is 13.2. The summed E-state index contributed by atoms with van der Waals surface area (Å²) in [4.78, 5) is 23.7. The third-order valence-electron chi connectivity index (χ3n) is 7.30. The Labute approximate surface area is 229 Å². The highest BCUT2D eigenvalue weighted by Gasteiger charge is 2.35. The van der Waals surface area contributed by atoms with Gasteiger partial charge >= 0.3 is 6.09 Å². The zero-order chi connectivity index (χ0) is 26.9. The summed E-state index contributed by atoms with van der Waals surface area (Å²) in [6, 6.07) is 10.4. The second-order valence-electron chi connectivity index (χ2n) is 11.1. The fraction of sp³-hybridized carbons (Fsp3) is 0.433. The monoisotopic (exact) mass is 534 g/mol. The van der Waals surface area contributed by atoms with Crippen molar-refractivity contribution < 1.29 is 14.3 Å². The van der Waals surface area contributed by atoms with Crippen molar-refractivity contribution >= 4 is 23.5 Å². The molecule has 2 aromatic heterocycles. The number of likely N-dealkylation sites (tertiary alicyclic amines) is 1. The van der Waals surface area contributed by atoms with Crippen molar-refractivity contribution in [2.24, 2.45) is 0 Å². The Morgan fingerprint density at radius 3 is 2.58 bits per heavy atom. The summed E-state index contributed by atoms with van der Waals surface area (Å²) in [5.41, 5.74) is 11.7. The lowest BCUT2D eigenvalue weighted by Gasteiger charge is -2.32. The van der Waals surface area contributed by atoms with Crippen LogP contribution >= 0.6 is 11.6 Å². The van der Waals surface area contributed by atoms with Gasteiger partial charge in [-0.1, -0.05) is 23.7 Å². The highest BCUT2D eigenvalue weighted by atomic mass is 35.5. The molecule has 2 aliphatic rings. The van der Waals surface area contributed by atoms with Gasteiger partial charge in [-0.3, -0.25) is 4.98 Å². The van der Waals surface area contributed by atoms with Crippen LogP contribution in [0.5, 0.6) is 0 Å². The molecule has 2 N–H and O–H groups in total. The molecule has 2 fully saturated rings. The number of halogens is 1. The van der Waals surface area contributed by atoms with E-state index in [0.29, 0.717) is 23.3 Å². The van der Waals surface area contributed by atoms with Gasteiger partial charge in [0.25, 0.3) is 0 Å². The number of aromatic nitrogens is 2. The fourth-order valence-electron chi connectivity index (χ4n) is 5.49. The van der Waals surface area contributed by atoms with Gasteiger partial charge in [-0.05, 0) is 87.3 Å². The van der Waals surface area contributed by atoms with E-state index in [1.165, 1.54) is 11.1 Å². The molecule has 0 bridgehead atoms. The molecule has 4 heterocycles. The first-order valence-corrected chi connectivity index (χ1v) is 13.7. The van der Waals surface area contributed by atoms with Crippen LogP contribution in [0.3, 0.4) is 0 Å². The first-order valence-electron chi connectivity index (χ1n) is 13.3. The molecule has 0 radical (unpaired) electrons. The van der Waals surface area contributed by atoms with Gasteiger partial charge in [-0.15, -0.1) is 0 Å². The highest BCUT2D eigenvalue weighted by Crippen LogP contribution is 2.42. The number of ether oxygens (including phenoxy) is 2. The summed E-state index contributed by atoms with van der Waals surface area (Å²) < 4.78 is 11.4. The summed E-state index contributed by atoms with van der Waals surface area (Å²) in [7, 11) is 0. The molecule has 7 nitrogen and oxygen atoms in total. The van der Waals surface area contributed by atoms with Gasteiger partial charge in [0.2, 0.25) is 0 Å². The Balaban J connectivity index is 1.57. The second kappa shape index (κ2) is 10.9. The smallest absolute Gasteiger partial charge is 0.410 e. The predicted octanol–water partition coefficient (Wildman–Crippen LogP) is 7.01. The molecule has 0 spiro atoms. The first kappa shape index (κ1) is 26.4. The maximum Gasteiger partial charge on any atom is 0.410 e. The van der Waals surface area contributed by atoms with E-state index in [9.17, 15) is 4.79 Å². The van der Waals surface area contributed by atoms with E-state index in [-0.39, 0.29) is 12.1 Å². The second-order valence-corrected chi connectivity index (χ2v) is 11.5. The number of benzene rings is 1. The van der Waals surface area contributed by atoms with E-state index in [2.05, 4.69) is 28.2 Å². The number of amides is 1. The summed E-state index contributed by atoms with van der Waals surface area (Å²) in [6.07, 6.45) is 8.62. The number of anilines is 1. The number of carbonyl (C=O) groups excluding carboxylic acids is 1. The van der Waals surface area contributed by atoms with Gasteiger partial charge in [0.05, 0.1) is 11.1 Å². The van der Waals surface area contributed by atoms with Crippen molar-refractivity contribution in [3.63, 3.8) is 0 Å². The molecular weight excluding hydrogens is 500 g/mol. The highest BCUT2D eigenvalue weighted by molar-refractivity contribution is 6.33. The van der Waals surface area contributed by atoms with Crippen molar-refractivity contribution in [2.45, 2.75) is 64.0 Å².